The van der Waals surface area contributed by atoms with Gasteiger partial charge in [0, 0.05) is 35.7 Å². The van der Waals surface area contributed by atoms with Crippen molar-refractivity contribution in [2.75, 3.05) is 37.7 Å². The van der Waals surface area contributed by atoms with Gasteiger partial charge in [0.2, 0.25) is 11.8 Å². The van der Waals surface area contributed by atoms with Gasteiger partial charge in [0.1, 0.15) is 0 Å². The summed E-state index contributed by atoms with van der Waals surface area (Å²) in [4.78, 5) is 47.3. The molecule has 0 saturated carbocycles. The Kier molecular flexibility index (Phi) is 11.8. The highest BCUT2D eigenvalue weighted by Gasteiger charge is 2.08. The van der Waals surface area contributed by atoms with Crippen molar-refractivity contribution in [3.8, 4) is 0 Å². The smallest absolute Gasteiger partial charge is 0.251 e. The van der Waals surface area contributed by atoms with Crippen LogP contribution < -0.4 is 21.3 Å². The summed E-state index contributed by atoms with van der Waals surface area (Å²) in [6.45, 7) is 0.821. The van der Waals surface area contributed by atoms with Crippen LogP contribution in [0.1, 0.15) is 20.7 Å². The van der Waals surface area contributed by atoms with Crippen molar-refractivity contribution in [1.29, 1.82) is 0 Å². The van der Waals surface area contributed by atoms with Gasteiger partial charge in [0.25, 0.3) is 11.8 Å². The number of nitrogens with one attached hydrogen (secondary N) is 4. The monoisotopic (exact) mass is 474 g/mol. The van der Waals surface area contributed by atoms with Gasteiger partial charge in [-0.3, -0.25) is 19.2 Å². The van der Waals surface area contributed by atoms with Crippen LogP contribution >= 0.6 is 21.6 Å². The Bertz CT molecular complexity index is 809. The first-order valence-electron chi connectivity index (χ1n) is 10.0. The van der Waals surface area contributed by atoms with E-state index in [2.05, 4.69) is 21.3 Å². The lowest BCUT2D eigenvalue weighted by Crippen LogP contribution is -2.37. The van der Waals surface area contributed by atoms with E-state index in [1.54, 1.807) is 70.1 Å². The molecule has 4 amide bonds. The molecule has 8 nitrogen and oxygen atoms in total. The number of hydrogen-bond acceptors (Lipinski definition) is 6. The number of benzene rings is 2. The van der Waals surface area contributed by atoms with Gasteiger partial charge in [0.15, 0.2) is 0 Å². The van der Waals surface area contributed by atoms with Gasteiger partial charge in [-0.25, -0.2) is 0 Å². The van der Waals surface area contributed by atoms with Crippen molar-refractivity contribution >= 4 is 45.2 Å². The quantitative estimate of drug-likeness (QED) is 0.258. The maximum atomic E-state index is 11.9. The van der Waals surface area contributed by atoms with Crippen molar-refractivity contribution in [3.63, 3.8) is 0 Å². The molecule has 0 saturated heterocycles. The first-order chi connectivity index (χ1) is 15.6. The number of carbonyl (C=O) groups excluding carboxylic acids is 4. The standard InChI is InChI=1S/C22H26N4O4S2/c27-19(15-25-21(29)17-7-3-1-4-8-17)23-11-13-31-32-14-12-24-20(28)16-26-22(30)18-9-5-2-6-10-18/h1-10H,11-16H2,(H,23,27)(H,24,28)(H,25,29)(H,26,30). The lowest BCUT2D eigenvalue weighted by atomic mass is 10.2. The minimum absolute atomic E-state index is 0.0711. The second-order valence-electron chi connectivity index (χ2n) is 6.44. The molecule has 0 aliphatic rings. The Morgan fingerprint density at radius 2 is 0.938 bits per heavy atom. The molecule has 0 heterocycles. The van der Waals surface area contributed by atoms with Crippen molar-refractivity contribution < 1.29 is 19.2 Å². The van der Waals surface area contributed by atoms with E-state index < -0.39 is 0 Å². The predicted molar refractivity (Wildman–Crippen MR) is 128 cm³/mol. The topological polar surface area (TPSA) is 116 Å². The highest BCUT2D eigenvalue weighted by Crippen LogP contribution is 2.19. The lowest BCUT2D eigenvalue weighted by Gasteiger charge is -2.08. The van der Waals surface area contributed by atoms with Crippen LogP contribution in [0.2, 0.25) is 0 Å². The summed E-state index contributed by atoms with van der Waals surface area (Å²) < 4.78 is 0. The minimum Gasteiger partial charge on any atom is -0.354 e. The third kappa shape index (κ3) is 10.4. The molecule has 0 aliphatic heterocycles. The fraction of sp³-hybridized carbons (Fsp3) is 0.273. The zero-order valence-corrected chi connectivity index (χ0v) is 19.1. The van der Waals surface area contributed by atoms with Crippen LogP contribution in [-0.4, -0.2) is 61.3 Å². The SMILES string of the molecule is O=C(CNC(=O)c1ccccc1)NCCSSCCNC(=O)CNC(=O)c1ccccc1. The fourth-order valence-corrected chi connectivity index (χ4v) is 4.22. The summed E-state index contributed by atoms with van der Waals surface area (Å²) in [5.74, 6) is 0.336. The summed E-state index contributed by atoms with van der Waals surface area (Å²) in [5.41, 5.74) is 1.02. The van der Waals surface area contributed by atoms with Gasteiger partial charge in [-0.1, -0.05) is 58.0 Å². The Balaban J connectivity index is 1.42. The van der Waals surface area contributed by atoms with Gasteiger partial charge in [-0.2, -0.15) is 0 Å². The third-order valence-corrected chi connectivity index (χ3v) is 6.40. The Morgan fingerprint density at radius 1 is 0.562 bits per heavy atom. The van der Waals surface area contributed by atoms with E-state index in [1.807, 2.05) is 12.1 Å². The van der Waals surface area contributed by atoms with Crippen LogP contribution in [0.5, 0.6) is 0 Å². The van der Waals surface area contributed by atoms with Gasteiger partial charge in [-0.15, -0.1) is 0 Å². The highest BCUT2D eigenvalue weighted by atomic mass is 33.1. The van der Waals surface area contributed by atoms with Crippen LogP contribution in [0.3, 0.4) is 0 Å². The Hall–Kier alpha value is -2.98. The molecule has 0 fully saturated rings. The molecule has 0 atom stereocenters. The zero-order chi connectivity index (χ0) is 23.0. The summed E-state index contributed by atoms with van der Waals surface area (Å²) in [7, 11) is 3.15. The average Bonchev–Trinajstić information content (AvgIpc) is 2.83. The molecule has 0 aromatic heterocycles. The summed E-state index contributed by atoms with van der Waals surface area (Å²) in [5, 5.41) is 10.6. The number of hydrogen-bond donors (Lipinski definition) is 4. The largest absolute Gasteiger partial charge is 0.354 e. The van der Waals surface area contributed by atoms with Crippen LogP contribution in [0, 0.1) is 0 Å². The third-order valence-electron chi connectivity index (χ3n) is 3.99. The minimum atomic E-state index is -0.285. The van der Waals surface area contributed by atoms with E-state index in [9.17, 15) is 19.2 Å². The van der Waals surface area contributed by atoms with Gasteiger partial charge in [0.05, 0.1) is 13.1 Å². The van der Waals surface area contributed by atoms with Gasteiger partial charge in [-0.05, 0) is 24.3 Å². The summed E-state index contributed by atoms with van der Waals surface area (Å²) in [6.07, 6.45) is 0. The number of rotatable bonds is 13. The van der Waals surface area contributed by atoms with Crippen LogP contribution in [0.25, 0.3) is 0 Å². The van der Waals surface area contributed by atoms with Gasteiger partial charge < -0.3 is 21.3 Å². The van der Waals surface area contributed by atoms with Crippen molar-refractivity contribution in [3.05, 3.63) is 71.8 Å². The summed E-state index contributed by atoms with van der Waals surface area (Å²) in [6, 6.07) is 17.4. The molecule has 2 aromatic rings. The van der Waals surface area contributed by atoms with E-state index >= 15 is 0 Å². The van der Waals surface area contributed by atoms with Crippen molar-refractivity contribution in [2.24, 2.45) is 0 Å². The molecule has 0 unspecified atom stereocenters. The maximum Gasteiger partial charge on any atom is 0.251 e. The molecule has 0 radical (unpaired) electrons. The average molecular weight is 475 g/mol. The molecule has 0 aliphatic carbocycles. The first-order valence-corrected chi connectivity index (χ1v) is 12.5. The van der Waals surface area contributed by atoms with E-state index in [1.165, 1.54) is 0 Å². The van der Waals surface area contributed by atoms with E-state index in [4.69, 9.17) is 0 Å². The molecule has 2 aromatic carbocycles. The van der Waals surface area contributed by atoms with E-state index in [0.717, 1.165) is 0 Å². The molecule has 0 bridgehead atoms. The van der Waals surface area contributed by atoms with E-state index in [-0.39, 0.29) is 36.7 Å². The molecular weight excluding hydrogens is 448 g/mol. The van der Waals surface area contributed by atoms with Crippen LogP contribution in [0.15, 0.2) is 60.7 Å². The molecular formula is C22H26N4O4S2. The fourth-order valence-electron chi connectivity index (χ4n) is 2.41. The summed E-state index contributed by atoms with van der Waals surface area (Å²) >= 11 is 0. The Labute approximate surface area is 195 Å². The predicted octanol–water partition coefficient (Wildman–Crippen LogP) is 1.46. The molecule has 4 N–H and O–H groups in total. The number of carbonyl (C=O) groups is 4. The Morgan fingerprint density at radius 3 is 1.31 bits per heavy atom. The molecule has 0 spiro atoms. The number of amides is 4. The molecule has 32 heavy (non-hydrogen) atoms. The zero-order valence-electron chi connectivity index (χ0n) is 17.5. The molecule has 170 valence electrons. The van der Waals surface area contributed by atoms with Crippen LogP contribution in [-0.2, 0) is 9.59 Å². The second-order valence-corrected chi connectivity index (χ2v) is 9.14. The normalized spacial score (nSPS) is 10.1. The van der Waals surface area contributed by atoms with Crippen molar-refractivity contribution in [2.45, 2.75) is 0 Å². The van der Waals surface area contributed by atoms with Crippen LogP contribution in [0.4, 0.5) is 0 Å². The lowest BCUT2D eigenvalue weighted by molar-refractivity contribution is -0.120. The molecule has 2 rings (SSSR count). The van der Waals surface area contributed by atoms with E-state index in [0.29, 0.717) is 35.7 Å². The van der Waals surface area contributed by atoms with Gasteiger partial charge >= 0.3 is 0 Å². The first kappa shape index (κ1) is 25.3. The maximum absolute atomic E-state index is 11.9. The highest BCUT2D eigenvalue weighted by molar-refractivity contribution is 8.76. The van der Waals surface area contributed by atoms with Crippen molar-refractivity contribution in [1.82, 2.24) is 21.3 Å². The second kappa shape index (κ2) is 14.9. The molecule has 10 heteroatoms.